The first-order valence-electron chi connectivity index (χ1n) is 3.05. The van der Waals surface area contributed by atoms with E-state index in [0.717, 1.165) is 0 Å². The SMILES string of the molecule is C=CS(=O)CC1COC(=O)O1. The monoisotopic (exact) mass is 176 g/mol. The number of hydrogen-bond acceptors (Lipinski definition) is 4. The van der Waals surface area contributed by atoms with Crippen molar-refractivity contribution in [2.45, 2.75) is 6.10 Å². The molecule has 5 heteroatoms. The molecule has 0 aromatic carbocycles. The fraction of sp³-hybridized carbons (Fsp3) is 0.500. The van der Waals surface area contributed by atoms with Gasteiger partial charge in [-0.05, 0) is 5.41 Å². The second-order valence-corrected chi connectivity index (χ2v) is 3.44. The van der Waals surface area contributed by atoms with Crippen LogP contribution in [0.5, 0.6) is 0 Å². The van der Waals surface area contributed by atoms with Crippen LogP contribution in [0.4, 0.5) is 4.79 Å². The second kappa shape index (κ2) is 3.52. The summed E-state index contributed by atoms with van der Waals surface area (Å²) in [5.74, 6) is 0.273. The highest BCUT2D eigenvalue weighted by molar-refractivity contribution is 7.87. The normalized spacial score (nSPS) is 25.5. The second-order valence-electron chi connectivity index (χ2n) is 2.01. The number of carbonyl (C=O) groups excluding carboxylic acids is 1. The van der Waals surface area contributed by atoms with Crippen LogP contribution in [0.15, 0.2) is 12.0 Å². The zero-order valence-electron chi connectivity index (χ0n) is 5.82. The lowest BCUT2D eigenvalue weighted by Crippen LogP contribution is -2.17. The molecule has 1 fully saturated rings. The number of hydrogen-bond donors (Lipinski definition) is 0. The zero-order chi connectivity index (χ0) is 8.27. The molecule has 1 aliphatic heterocycles. The van der Waals surface area contributed by atoms with Crippen molar-refractivity contribution < 1.29 is 18.5 Å². The molecule has 1 heterocycles. The van der Waals surface area contributed by atoms with Gasteiger partial charge in [-0.2, -0.15) is 0 Å². The topological polar surface area (TPSA) is 52.6 Å². The predicted octanol–water partition coefficient (Wildman–Crippen LogP) is 0.414. The molecule has 0 bridgehead atoms. The van der Waals surface area contributed by atoms with Gasteiger partial charge in [0.1, 0.15) is 6.61 Å². The van der Waals surface area contributed by atoms with E-state index in [0.29, 0.717) is 0 Å². The largest absolute Gasteiger partial charge is 0.508 e. The molecule has 0 aromatic heterocycles. The number of cyclic esters (lactones) is 2. The van der Waals surface area contributed by atoms with Crippen molar-refractivity contribution in [2.75, 3.05) is 12.4 Å². The van der Waals surface area contributed by atoms with Gasteiger partial charge in [-0.3, -0.25) is 4.21 Å². The molecule has 0 amide bonds. The molecule has 0 saturated carbocycles. The highest BCUT2D eigenvalue weighted by Crippen LogP contribution is 2.07. The van der Waals surface area contributed by atoms with Crippen molar-refractivity contribution in [2.24, 2.45) is 0 Å². The molecule has 0 N–H and O–H groups in total. The van der Waals surface area contributed by atoms with Crippen LogP contribution in [0, 0.1) is 0 Å². The van der Waals surface area contributed by atoms with Gasteiger partial charge in [0, 0.05) is 10.8 Å². The third kappa shape index (κ3) is 2.34. The minimum Gasteiger partial charge on any atom is -0.430 e. The van der Waals surface area contributed by atoms with Crippen LogP contribution in [-0.4, -0.2) is 28.8 Å². The summed E-state index contributed by atoms with van der Waals surface area (Å²) in [6.07, 6.45) is -1.06. The van der Waals surface area contributed by atoms with Crippen molar-refractivity contribution in [1.29, 1.82) is 0 Å². The lowest BCUT2D eigenvalue weighted by atomic mass is 10.4. The fourth-order valence-corrected chi connectivity index (χ4v) is 1.37. The Hall–Kier alpha value is -0.840. The molecular weight excluding hydrogens is 168 g/mol. The van der Waals surface area contributed by atoms with Crippen molar-refractivity contribution in [3.63, 3.8) is 0 Å². The number of rotatable bonds is 3. The van der Waals surface area contributed by atoms with E-state index in [2.05, 4.69) is 16.1 Å². The number of carbonyl (C=O) groups is 1. The van der Waals surface area contributed by atoms with Crippen LogP contribution in [0.25, 0.3) is 0 Å². The molecule has 0 spiro atoms. The van der Waals surface area contributed by atoms with Crippen molar-refractivity contribution in [1.82, 2.24) is 0 Å². The van der Waals surface area contributed by atoms with Crippen molar-refractivity contribution in [3.05, 3.63) is 12.0 Å². The van der Waals surface area contributed by atoms with E-state index < -0.39 is 17.0 Å². The van der Waals surface area contributed by atoms with E-state index in [1.54, 1.807) is 0 Å². The van der Waals surface area contributed by atoms with E-state index >= 15 is 0 Å². The predicted molar refractivity (Wildman–Crippen MR) is 39.4 cm³/mol. The minimum atomic E-state index is -1.13. The van der Waals surface area contributed by atoms with Gasteiger partial charge in [-0.1, -0.05) is 6.58 Å². The molecule has 2 unspecified atom stereocenters. The molecule has 2 atom stereocenters. The molecule has 0 radical (unpaired) electrons. The summed E-state index contributed by atoms with van der Waals surface area (Å²) >= 11 is 0. The quantitative estimate of drug-likeness (QED) is 0.584. The molecule has 11 heavy (non-hydrogen) atoms. The lowest BCUT2D eigenvalue weighted by Gasteiger charge is -2.01. The standard InChI is InChI=1S/C6H8O4S/c1-2-11(8)4-5-3-9-6(7)10-5/h2,5H,1,3-4H2. The molecule has 1 aliphatic rings. The fourth-order valence-electron chi connectivity index (χ4n) is 0.699. The summed E-state index contributed by atoms with van der Waals surface area (Å²) in [6.45, 7) is 3.53. The average Bonchev–Trinajstić information content (AvgIpc) is 2.35. The Bertz CT molecular complexity index is 201. The smallest absolute Gasteiger partial charge is 0.430 e. The highest BCUT2D eigenvalue weighted by Gasteiger charge is 2.25. The van der Waals surface area contributed by atoms with Gasteiger partial charge in [0.05, 0.1) is 5.75 Å². The van der Waals surface area contributed by atoms with Gasteiger partial charge in [0.15, 0.2) is 6.10 Å². The maximum absolute atomic E-state index is 10.8. The van der Waals surface area contributed by atoms with E-state index in [9.17, 15) is 9.00 Å². The Balaban J connectivity index is 2.33. The molecule has 62 valence electrons. The summed E-state index contributed by atoms with van der Waals surface area (Å²) in [5, 5.41) is 1.31. The van der Waals surface area contributed by atoms with Gasteiger partial charge in [0.2, 0.25) is 0 Å². The maximum atomic E-state index is 10.8. The van der Waals surface area contributed by atoms with E-state index in [1.165, 1.54) is 5.41 Å². The van der Waals surface area contributed by atoms with Crippen LogP contribution in [0.3, 0.4) is 0 Å². The van der Waals surface area contributed by atoms with Gasteiger partial charge in [0.25, 0.3) is 0 Å². The Labute approximate surface area is 66.6 Å². The zero-order valence-corrected chi connectivity index (χ0v) is 6.63. The third-order valence-corrected chi connectivity index (χ3v) is 2.26. The first-order valence-corrected chi connectivity index (χ1v) is 4.43. The van der Waals surface area contributed by atoms with Crippen LogP contribution < -0.4 is 0 Å². The molecule has 0 aliphatic carbocycles. The summed E-state index contributed by atoms with van der Waals surface area (Å²) in [6, 6.07) is 0. The Morgan fingerprint density at radius 1 is 1.82 bits per heavy atom. The van der Waals surface area contributed by atoms with Gasteiger partial charge in [-0.15, -0.1) is 0 Å². The first kappa shape index (κ1) is 8.26. The average molecular weight is 176 g/mol. The third-order valence-electron chi connectivity index (χ3n) is 1.19. The molecule has 4 nitrogen and oxygen atoms in total. The van der Waals surface area contributed by atoms with Crippen molar-refractivity contribution >= 4 is 17.0 Å². The van der Waals surface area contributed by atoms with Gasteiger partial charge >= 0.3 is 6.16 Å². The van der Waals surface area contributed by atoms with Crippen LogP contribution >= 0.6 is 0 Å². The Morgan fingerprint density at radius 3 is 3.00 bits per heavy atom. The molecule has 1 saturated heterocycles. The van der Waals surface area contributed by atoms with Crippen molar-refractivity contribution in [3.8, 4) is 0 Å². The minimum absolute atomic E-state index is 0.193. The molecular formula is C6H8O4S. The Kier molecular flexibility index (Phi) is 2.64. The summed E-state index contributed by atoms with van der Waals surface area (Å²) in [7, 11) is -1.13. The highest BCUT2D eigenvalue weighted by atomic mass is 32.2. The first-order chi connectivity index (χ1) is 5.22. The summed E-state index contributed by atoms with van der Waals surface area (Å²) < 4.78 is 19.9. The van der Waals surface area contributed by atoms with Crippen LogP contribution in [0.2, 0.25) is 0 Å². The van der Waals surface area contributed by atoms with Crippen LogP contribution in [-0.2, 0) is 20.3 Å². The van der Waals surface area contributed by atoms with E-state index in [1.807, 2.05) is 0 Å². The Morgan fingerprint density at radius 2 is 2.55 bits per heavy atom. The lowest BCUT2D eigenvalue weighted by molar-refractivity contribution is 0.122. The van der Waals surface area contributed by atoms with E-state index in [4.69, 9.17) is 0 Å². The summed E-state index contributed by atoms with van der Waals surface area (Å²) in [4.78, 5) is 10.4. The maximum Gasteiger partial charge on any atom is 0.508 e. The molecule has 0 aromatic rings. The van der Waals surface area contributed by atoms with Gasteiger partial charge in [-0.25, -0.2) is 4.79 Å². The van der Waals surface area contributed by atoms with Gasteiger partial charge < -0.3 is 9.47 Å². The number of ether oxygens (including phenoxy) is 2. The molecule has 1 rings (SSSR count). The van der Waals surface area contributed by atoms with Crippen LogP contribution in [0.1, 0.15) is 0 Å². The van der Waals surface area contributed by atoms with E-state index in [-0.39, 0.29) is 18.5 Å². The summed E-state index contributed by atoms with van der Waals surface area (Å²) in [5.41, 5.74) is 0.